The van der Waals surface area contributed by atoms with E-state index in [0.29, 0.717) is 21.4 Å². The van der Waals surface area contributed by atoms with E-state index < -0.39 is 5.91 Å². The first-order valence-corrected chi connectivity index (χ1v) is 7.07. The minimum Gasteiger partial charge on any atom is -0.321 e. The number of hydrogen-bond donors (Lipinski definition) is 2. The first-order chi connectivity index (χ1) is 10.4. The van der Waals surface area contributed by atoms with Gasteiger partial charge in [-0.05, 0) is 38.1 Å². The Morgan fingerprint density at radius 3 is 2.45 bits per heavy atom. The van der Waals surface area contributed by atoms with Gasteiger partial charge in [-0.15, -0.1) is 0 Å². The van der Waals surface area contributed by atoms with Crippen LogP contribution in [0.5, 0.6) is 0 Å². The standard InChI is InChI=1S/C15H12Cl2N4O/c1-8-14(9(2)21-20-8)3-10(7-18)15(22)19-13-5-11(16)4-12(17)6-13/h3-6H,1-2H3,(H,19,22)(H,20,21). The second-order valence-corrected chi connectivity index (χ2v) is 5.50. The van der Waals surface area contributed by atoms with Crippen molar-refractivity contribution >= 4 is 40.9 Å². The summed E-state index contributed by atoms with van der Waals surface area (Å²) in [4.78, 5) is 12.2. The van der Waals surface area contributed by atoms with Gasteiger partial charge in [-0.2, -0.15) is 10.4 Å². The van der Waals surface area contributed by atoms with Gasteiger partial charge in [0.15, 0.2) is 0 Å². The largest absolute Gasteiger partial charge is 0.321 e. The number of carbonyl (C=O) groups excluding carboxylic acids is 1. The smallest absolute Gasteiger partial charge is 0.266 e. The molecule has 0 fully saturated rings. The summed E-state index contributed by atoms with van der Waals surface area (Å²) in [5, 5.41) is 19.4. The van der Waals surface area contributed by atoms with Gasteiger partial charge in [-0.3, -0.25) is 9.89 Å². The molecule has 5 nitrogen and oxygen atoms in total. The maximum Gasteiger partial charge on any atom is 0.266 e. The number of anilines is 1. The quantitative estimate of drug-likeness (QED) is 0.660. The van der Waals surface area contributed by atoms with Crippen molar-refractivity contribution in [2.45, 2.75) is 13.8 Å². The van der Waals surface area contributed by atoms with E-state index in [-0.39, 0.29) is 5.57 Å². The Morgan fingerprint density at radius 1 is 1.32 bits per heavy atom. The van der Waals surface area contributed by atoms with Crippen molar-refractivity contribution in [1.82, 2.24) is 10.2 Å². The number of aromatic nitrogens is 2. The van der Waals surface area contributed by atoms with Gasteiger partial charge in [-0.1, -0.05) is 23.2 Å². The Morgan fingerprint density at radius 2 is 1.95 bits per heavy atom. The molecule has 0 bridgehead atoms. The van der Waals surface area contributed by atoms with Gasteiger partial charge in [0.05, 0.1) is 5.69 Å². The molecule has 0 saturated heterocycles. The van der Waals surface area contributed by atoms with Crippen LogP contribution in [0.4, 0.5) is 5.69 Å². The number of rotatable bonds is 3. The molecule has 0 spiro atoms. The second-order valence-electron chi connectivity index (χ2n) is 4.63. The highest BCUT2D eigenvalue weighted by Crippen LogP contribution is 2.23. The number of carbonyl (C=O) groups is 1. The molecule has 0 radical (unpaired) electrons. The number of hydrogen-bond acceptors (Lipinski definition) is 3. The molecule has 2 rings (SSSR count). The van der Waals surface area contributed by atoms with E-state index in [1.165, 1.54) is 6.08 Å². The van der Waals surface area contributed by atoms with Gasteiger partial charge in [0.2, 0.25) is 0 Å². The highest BCUT2D eigenvalue weighted by molar-refractivity contribution is 6.35. The van der Waals surface area contributed by atoms with E-state index in [2.05, 4.69) is 15.5 Å². The molecule has 1 heterocycles. The van der Waals surface area contributed by atoms with E-state index in [0.717, 1.165) is 11.3 Å². The van der Waals surface area contributed by atoms with Crippen molar-refractivity contribution in [2.75, 3.05) is 5.32 Å². The molecule has 1 amide bonds. The van der Waals surface area contributed by atoms with Crippen LogP contribution in [0.2, 0.25) is 10.0 Å². The fraction of sp³-hybridized carbons (Fsp3) is 0.133. The maximum absolute atomic E-state index is 12.2. The number of halogens is 2. The normalized spacial score (nSPS) is 11.1. The number of benzene rings is 1. The van der Waals surface area contributed by atoms with Gasteiger partial charge in [-0.25, -0.2) is 0 Å². The van der Waals surface area contributed by atoms with E-state index in [1.807, 2.05) is 13.0 Å². The van der Waals surface area contributed by atoms with Gasteiger partial charge in [0.1, 0.15) is 11.6 Å². The zero-order valence-corrected chi connectivity index (χ0v) is 13.4. The molecule has 0 aliphatic heterocycles. The van der Waals surface area contributed by atoms with Crippen molar-refractivity contribution in [3.8, 4) is 6.07 Å². The highest BCUT2D eigenvalue weighted by atomic mass is 35.5. The summed E-state index contributed by atoms with van der Waals surface area (Å²) >= 11 is 11.8. The van der Waals surface area contributed by atoms with Crippen molar-refractivity contribution in [2.24, 2.45) is 0 Å². The van der Waals surface area contributed by atoms with Crippen molar-refractivity contribution < 1.29 is 4.79 Å². The van der Waals surface area contributed by atoms with Gasteiger partial charge < -0.3 is 5.32 Å². The molecule has 0 saturated carbocycles. The lowest BCUT2D eigenvalue weighted by Crippen LogP contribution is -2.13. The number of aryl methyl sites for hydroxylation is 2. The minimum absolute atomic E-state index is 0.0382. The van der Waals surface area contributed by atoms with Crippen LogP contribution in [-0.2, 0) is 4.79 Å². The second kappa shape index (κ2) is 6.65. The molecule has 1 aromatic carbocycles. The van der Waals surface area contributed by atoms with Crippen molar-refractivity contribution in [3.63, 3.8) is 0 Å². The minimum atomic E-state index is -0.541. The zero-order chi connectivity index (χ0) is 16.3. The predicted octanol–water partition coefficient (Wildman–Crippen LogP) is 3.88. The van der Waals surface area contributed by atoms with Crippen LogP contribution < -0.4 is 5.32 Å². The van der Waals surface area contributed by atoms with Crippen LogP contribution in [0.25, 0.3) is 6.08 Å². The summed E-state index contributed by atoms with van der Waals surface area (Å²) in [7, 11) is 0. The molecule has 1 aromatic heterocycles. The zero-order valence-electron chi connectivity index (χ0n) is 11.9. The van der Waals surface area contributed by atoms with E-state index in [9.17, 15) is 10.1 Å². The number of nitrogens with one attached hydrogen (secondary N) is 2. The topological polar surface area (TPSA) is 81.6 Å². The van der Waals surface area contributed by atoms with E-state index >= 15 is 0 Å². The lowest BCUT2D eigenvalue weighted by atomic mass is 10.1. The summed E-state index contributed by atoms with van der Waals surface area (Å²) in [5.74, 6) is -0.541. The molecular formula is C15H12Cl2N4O. The van der Waals surface area contributed by atoms with Gasteiger partial charge in [0.25, 0.3) is 5.91 Å². The fourth-order valence-corrected chi connectivity index (χ4v) is 2.42. The highest BCUT2D eigenvalue weighted by Gasteiger charge is 2.13. The molecule has 7 heteroatoms. The summed E-state index contributed by atoms with van der Waals surface area (Å²) in [5.41, 5.74) is 2.59. The van der Waals surface area contributed by atoms with Gasteiger partial charge >= 0.3 is 0 Å². The molecule has 0 aliphatic rings. The third kappa shape index (κ3) is 3.67. The third-order valence-corrected chi connectivity index (χ3v) is 3.40. The summed E-state index contributed by atoms with van der Waals surface area (Å²) in [6, 6.07) is 6.54. The molecular weight excluding hydrogens is 323 g/mol. The fourth-order valence-electron chi connectivity index (χ4n) is 1.89. The van der Waals surface area contributed by atoms with Crippen molar-refractivity contribution in [3.05, 3.63) is 50.8 Å². The first kappa shape index (κ1) is 16.1. The molecule has 22 heavy (non-hydrogen) atoms. The Labute approximate surface area is 137 Å². The Bertz CT molecular complexity index is 763. The number of amides is 1. The van der Waals surface area contributed by atoms with Crippen LogP contribution >= 0.6 is 23.2 Å². The van der Waals surface area contributed by atoms with Gasteiger partial charge in [0, 0.05) is 27.0 Å². The molecule has 0 aliphatic carbocycles. The van der Waals surface area contributed by atoms with Crippen molar-refractivity contribution in [1.29, 1.82) is 5.26 Å². The summed E-state index contributed by atoms with van der Waals surface area (Å²) < 4.78 is 0. The van der Waals surface area contributed by atoms with Crippen LogP contribution in [-0.4, -0.2) is 16.1 Å². The van der Waals surface area contributed by atoms with Crippen LogP contribution in [0.3, 0.4) is 0 Å². The molecule has 0 unspecified atom stereocenters. The SMILES string of the molecule is Cc1n[nH]c(C)c1C=C(C#N)C(=O)Nc1cc(Cl)cc(Cl)c1. The van der Waals surface area contributed by atoms with Crippen LogP contribution in [0.1, 0.15) is 17.0 Å². The molecule has 0 atom stereocenters. The Kier molecular flexibility index (Phi) is 4.86. The maximum atomic E-state index is 12.2. The monoisotopic (exact) mass is 334 g/mol. The lowest BCUT2D eigenvalue weighted by Gasteiger charge is -2.05. The number of nitriles is 1. The molecule has 112 valence electrons. The summed E-state index contributed by atoms with van der Waals surface area (Å²) in [6.07, 6.45) is 1.50. The number of H-pyrrole nitrogens is 1. The van der Waals surface area contributed by atoms with Crippen LogP contribution in [0.15, 0.2) is 23.8 Å². The van der Waals surface area contributed by atoms with E-state index in [1.54, 1.807) is 25.1 Å². The lowest BCUT2D eigenvalue weighted by molar-refractivity contribution is -0.112. The Hall–Kier alpha value is -2.29. The average molecular weight is 335 g/mol. The predicted molar refractivity (Wildman–Crippen MR) is 86.7 cm³/mol. The van der Waals surface area contributed by atoms with Crippen LogP contribution in [0, 0.1) is 25.2 Å². The third-order valence-electron chi connectivity index (χ3n) is 2.96. The first-order valence-electron chi connectivity index (χ1n) is 6.31. The Balaban J connectivity index is 2.28. The molecule has 2 N–H and O–H groups in total. The number of nitrogens with zero attached hydrogens (tertiary/aromatic N) is 2. The molecule has 2 aromatic rings. The number of aromatic amines is 1. The summed E-state index contributed by atoms with van der Waals surface area (Å²) in [6.45, 7) is 3.61. The average Bonchev–Trinajstić information content (AvgIpc) is 2.74. The van der Waals surface area contributed by atoms with E-state index in [4.69, 9.17) is 23.2 Å².